The molecule has 0 saturated carbocycles. The first-order valence-electron chi connectivity index (χ1n) is 12.6. The second kappa shape index (κ2) is 13.2. The van der Waals surface area contributed by atoms with Gasteiger partial charge in [-0.05, 0) is 33.9 Å². The number of H-pyrrole nitrogens is 1. The summed E-state index contributed by atoms with van der Waals surface area (Å²) in [4.78, 5) is 41.1. The number of hydrogen-bond acceptors (Lipinski definition) is 7. The van der Waals surface area contributed by atoms with Crippen molar-refractivity contribution < 1.29 is 23.9 Å². The van der Waals surface area contributed by atoms with Crippen molar-refractivity contribution >= 4 is 5.97 Å². The molecule has 34 heavy (non-hydrogen) atoms. The van der Waals surface area contributed by atoms with Crippen LogP contribution in [-0.2, 0) is 14.3 Å². The number of ether oxygens (including phenoxy) is 2. The lowest BCUT2D eigenvalue weighted by Gasteiger charge is -2.38. The maximum Gasteiger partial charge on any atom is 0.330 e. The Morgan fingerprint density at radius 2 is 1.91 bits per heavy atom. The number of aromatic amines is 1. The maximum absolute atomic E-state index is 12.6. The molecule has 10 heteroatoms. The molecule has 1 aromatic heterocycles. The van der Waals surface area contributed by atoms with Gasteiger partial charge in [0, 0.05) is 31.1 Å². The lowest BCUT2D eigenvalue weighted by Crippen LogP contribution is -2.52. The van der Waals surface area contributed by atoms with E-state index in [9.17, 15) is 19.5 Å². The van der Waals surface area contributed by atoms with Crippen LogP contribution >= 0.6 is 0 Å². The minimum absolute atomic E-state index is 0.232. The van der Waals surface area contributed by atoms with Crippen LogP contribution in [0.3, 0.4) is 0 Å². The van der Waals surface area contributed by atoms with E-state index in [1.54, 1.807) is 6.92 Å². The third-order valence-corrected chi connectivity index (χ3v) is 7.24. The highest BCUT2D eigenvalue weighted by Gasteiger charge is 2.39. The largest absolute Gasteiger partial charge is 0.459 e. The van der Waals surface area contributed by atoms with Crippen LogP contribution in [0.4, 0.5) is 0 Å². The van der Waals surface area contributed by atoms with Gasteiger partial charge in [-0.3, -0.25) is 24.0 Å². The van der Waals surface area contributed by atoms with Gasteiger partial charge in [0.2, 0.25) is 0 Å². The summed E-state index contributed by atoms with van der Waals surface area (Å²) < 4.78 is 13.6. The number of quaternary nitrogens is 1. The van der Waals surface area contributed by atoms with Crippen molar-refractivity contribution in [2.45, 2.75) is 72.3 Å². The molecular formula is C24H43N4O6+. The summed E-state index contributed by atoms with van der Waals surface area (Å²) in [6.07, 6.45) is 0.582. The molecule has 0 aromatic carbocycles. The van der Waals surface area contributed by atoms with Crippen LogP contribution in [0.1, 0.15) is 58.7 Å². The van der Waals surface area contributed by atoms with Crippen molar-refractivity contribution in [1.29, 1.82) is 0 Å². The standard InChI is InChI=1S/C24H42N4O6/c1-6-26(7-2)12-14-28(8-3,9-4)13-10-11-22(30)34-19-15-21(33-20(19)17-29)27-16-18(5)23(31)25-24(27)32/h16,19-21,29H,6-15,17H2,1-5H3/p+1/t19-,20+,21+/m0/s1. The second-order valence-electron chi connectivity index (χ2n) is 9.11. The van der Waals surface area contributed by atoms with E-state index in [0.717, 1.165) is 56.7 Å². The lowest BCUT2D eigenvalue weighted by atomic mass is 10.1. The molecule has 1 aromatic rings. The third kappa shape index (κ3) is 7.24. The number of nitrogens with zero attached hydrogens (tertiary/aromatic N) is 3. The number of aryl methyl sites for hydroxylation is 1. The van der Waals surface area contributed by atoms with E-state index in [0.29, 0.717) is 12.0 Å². The molecule has 0 bridgehead atoms. The van der Waals surface area contributed by atoms with Crippen LogP contribution in [-0.4, -0.2) is 94.6 Å². The lowest BCUT2D eigenvalue weighted by molar-refractivity contribution is -0.924. The van der Waals surface area contributed by atoms with Gasteiger partial charge in [-0.1, -0.05) is 13.8 Å². The van der Waals surface area contributed by atoms with Gasteiger partial charge in [0.05, 0.1) is 39.2 Å². The van der Waals surface area contributed by atoms with Crippen molar-refractivity contribution in [2.75, 3.05) is 52.4 Å². The first kappa shape index (κ1) is 28.2. The fraction of sp³-hybridized carbons (Fsp3) is 0.792. The number of esters is 1. The molecule has 1 aliphatic heterocycles. The number of hydrogen-bond donors (Lipinski definition) is 2. The van der Waals surface area contributed by atoms with Gasteiger partial charge in [-0.2, -0.15) is 0 Å². The zero-order valence-corrected chi connectivity index (χ0v) is 21.4. The SMILES string of the molecule is CCN(CC)CC[N+](CC)(CC)CCCC(=O)O[C@H]1C[C@H](n2cc(C)c(=O)[nH]c2=O)O[C@@H]1CO. The number of rotatable bonds is 14. The average molecular weight is 484 g/mol. The van der Waals surface area contributed by atoms with Crippen LogP contribution in [0.5, 0.6) is 0 Å². The fourth-order valence-electron chi connectivity index (χ4n) is 4.61. The Morgan fingerprint density at radius 1 is 1.24 bits per heavy atom. The summed E-state index contributed by atoms with van der Waals surface area (Å²) in [5, 5.41) is 9.71. The summed E-state index contributed by atoms with van der Waals surface area (Å²) in [6, 6.07) is 0. The van der Waals surface area contributed by atoms with Crippen molar-refractivity contribution in [3.05, 3.63) is 32.6 Å². The van der Waals surface area contributed by atoms with E-state index >= 15 is 0 Å². The molecule has 0 amide bonds. The first-order chi connectivity index (χ1) is 16.2. The van der Waals surface area contributed by atoms with Crippen LogP contribution < -0.4 is 11.2 Å². The molecule has 1 fully saturated rings. The Hall–Kier alpha value is -2.01. The number of aromatic nitrogens is 2. The highest BCUT2D eigenvalue weighted by Crippen LogP contribution is 2.30. The smallest absolute Gasteiger partial charge is 0.330 e. The molecule has 2 N–H and O–H groups in total. The van der Waals surface area contributed by atoms with E-state index in [4.69, 9.17) is 9.47 Å². The Bertz CT molecular complexity index is 890. The van der Waals surface area contributed by atoms with Gasteiger partial charge in [-0.25, -0.2) is 4.79 Å². The zero-order chi connectivity index (χ0) is 25.3. The molecular weight excluding hydrogens is 440 g/mol. The normalized spacial score (nSPS) is 20.7. The Kier molecular flexibility index (Phi) is 10.9. The fourth-order valence-corrected chi connectivity index (χ4v) is 4.61. The van der Waals surface area contributed by atoms with Gasteiger partial charge in [-0.15, -0.1) is 0 Å². The van der Waals surface area contributed by atoms with Gasteiger partial charge in [0.25, 0.3) is 5.56 Å². The molecule has 3 atom stereocenters. The average Bonchev–Trinajstić information content (AvgIpc) is 3.23. The first-order valence-corrected chi connectivity index (χ1v) is 12.6. The van der Waals surface area contributed by atoms with E-state index in [1.807, 2.05) is 0 Å². The van der Waals surface area contributed by atoms with Gasteiger partial charge in [0.1, 0.15) is 18.4 Å². The predicted molar refractivity (Wildman–Crippen MR) is 130 cm³/mol. The Balaban J connectivity index is 1.92. The van der Waals surface area contributed by atoms with Crippen LogP contribution in [0.15, 0.2) is 15.8 Å². The molecule has 1 saturated heterocycles. The summed E-state index contributed by atoms with van der Waals surface area (Å²) in [6.45, 7) is 17.1. The molecule has 0 spiro atoms. The molecule has 2 rings (SSSR count). The van der Waals surface area contributed by atoms with Crippen LogP contribution in [0.25, 0.3) is 0 Å². The molecule has 10 nitrogen and oxygen atoms in total. The summed E-state index contributed by atoms with van der Waals surface area (Å²) >= 11 is 0. The van der Waals surface area contributed by atoms with Crippen molar-refractivity contribution in [3.63, 3.8) is 0 Å². The Morgan fingerprint density at radius 3 is 2.50 bits per heavy atom. The second-order valence-corrected chi connectivity index (χ2v) is 9.11. The number of nitrogens with one attached hydrogen (secondary N) is 1. The minimum atomic E-state index is -0.720. The van der Waals surface area contributed by atoms with Crippen molar-refractivity contribution in [1.82, 2.24) is 14.5 Å². The molecule has 0 aliphatic carbocycles. The Labute approximate surface area is 202 Å². The van der Waals surface area contributed by atoms with Gasteiger partial charge < -0.3 is 19.1 Å². The number of aliphatic hydroxyl groups is 1. The van der Waals surface area contributed by atoms with Crippen molar-refractivity contribution in [3.8, 4) is 0 Å². The molecule has 0 radical (unpaired) electrons. The van der Waals surface area contributed by atoms with E-state index in [2.05, 4.69) is 37.6 Å². The number of aliphatic hydroxyl groups excluding tert-OH is 1. The molecule has 1 aliphatic rings. The molecule has 2 heterocycles. The van der Waals surface area contributed by atoms with Gasteiger partial charge in [0.15, 0.2) is 0 Å². The highest BCUT2D eigenvalue weighted by molar-refractivity contribution is 5.69. The monoisotopic (exact) mass is 483 g/mol. The predicted octanol–water partition coefficient (Wildman–Crippen LogP) is 1.02. The number of carbonyl (C=O) groups is 1. The van der Waals surface area contributed by atoms with E-state index in [1.165, 1.54) is 10.8 Å². The van der Waals surface area contributed by atoms with Crippen molar-refractivity contribution in [2.24, 2.45) is 0 Å². The molecule has 0 unspecified atom stereocenters. The van der Waals surface area contributed by atoms with Gasteiger partial charge >= 0.3 is 11.7 Å². The summed E-state index contributed by atoms with van der Waals surface area (Å²) in [5.41, 5.74) is -0.674. The summed E-state index contributed by atoms with van der Waals surface area (Å²) in [5.74, 6) is -0.327. The minimum Gasteiger partial charge on any atom is -0.459 e. The number of likely N-dealkylation sites (N-methyl/N-ethyl adjacent to an activating group) is 2. The topological polar surface area (TPSA) is 114 Å². The third-order valence-electron chi connectivity index (χ3n) is 7.24. The maximum atomic E-state index is 12.6. The van der Waals surface area contributed by atoms with E-state index < -0.39 is 29.7 Å². The summed E-state index contributed by atoms with van der Waals surface area (Å²) in [7, 11) is 0. The quantitative estimate of drug-likeness (QED) is 0.300. The van der Waals surface area contributed by atoms with Crippen LogP contribution in [0.2, 0.25) is 0 Å². The number of carbonyl (C=O) groups excluding carboxylic acids is 1. The van der Waals surface area contributed by atoms with Crippen LogP contribution in [0, 0.1) is 6.92 Å². The zero-order valence-electron chi connectivity index (χ0n) is 21.4. The van der Waals surface area contributed by atoms with E-state index in [-0.39, 0.29) is 19.0 Å². The molecule has 194 valence electrons. The highest BCUT2D eigenvalue weighted by atomic mass is 16.6.